The molecular weight excluding hydrogens is 564 g/mol. The number of rotatable bonds is 9. The highest BCUT2D eigenvalue weighted by molar-refractivity contribution is 9.10. The Balaban J connectivity index is 1.58. The molecular formula is C25H23BrN4O4S2. The average molecular weight is 588 g/mol. The number of aromatic nitrogens is 2. The summed E-state index contributed by atoms with van der Waals surface area (Å²) in [6.45, 7) is 3.88. The van der Waals surface area contributed by atoms with E-state index in [1.54, 1.807) is 36.4 Å². The predicted molar refractivity (Wildman–Crippen MR) is 145 cm³/mol. The van der Waals surface area contributed by atoms with Gasteiger partial charge in [0.2, 0.25) is 11.0 Å². The SMILES string of the molecule is CCOc1ccc(N(CC(=O)Nc2nnc(-c3ccc(C)cc3)s2)S(=O)(=O)c2ccc(Br)cc2)cc1. The third kappa shape index (κ3) is 6.10. The first-order valence-corrected chi connectivity index (χ1v) is 14.0. The second-order valence-electron chi connectivity index (χ2n) is 7.72. The Morgan fingerprint density at radius 2 is 1.67 bits per heavy atom. The zero-order chi connectivity index (χ0) is 25.7. The van der Waals surface area contributed by atoms with Gasteiger partial charge >= 0.3 is 0 Å². The summed E-state index contributed by atoms with van der Waals surface area (Å²) >= 11 is 4.53. The van der Waals surface area contributed by atoms with Crippen molar-refractivity contribution < 1.29 is 17.9 Å². The van der Waals surface area contributed by atoms with E-state index < -0.39 is 22.5 Å². The van der Waals surface area contributed by atoms with Crippen LogP contribution in [0, 0.1) is 6.92 Å². The lowest BCUT2D eigenvalue weighted by atomic mass is 10.2. The van der Waals surface area contributed by atoms with Crippen molar-refractivity contribution in [2.45, 2.75) is 18.7 Å². The molecule has 8 nitrogen and oxygen atoms in total. The van der Waals surface area contributed by atoms with Gasteiger partial charge in [0, 0.05) is 10.0 Å². The average Bonchev–Trinajstić information content (AvgIpc) is 3.32. The lowest BCUT2D eigenvalue weighted by molar-refractivity contribution is -0.114. The number of sulfonamides is 1. The number of benzene rings is 3. The standard InChI is InChI=1S/C25H23BrN4O4S2/c1-3-34-21-12-10-20(11-13-21)30(36(32,33)22-14-8-19(26)9-15-22)16-23(31)27-25-29-28-24(35-25)18-6-4-17(2)5-7-18/h4-15H,3,16H2,1-2H3,(H,27,29,31). The Morgan fingerprint density at radius 3 is 2.31 bits per heavy atom. The van der Waals surface area contributed by atoms with E-state index in [9.17, 15) is 13.2 Å². The van der Waals surface area contributed by atoms with Gasteiger partial charge in [0.25, 0.3) is 10.0 Å². The minimum atomic E-state index is -4.05. The van der Waals surface area contributed by atoms with Crippen LogP contribution in [0.15, 0.2) is 82.2 Å². The molecule has 1 amide bonds. The number of nitrogens with zero attached hydrogens (tertiary/aromatic N) is 3. The van der Waals surface area contributed by atoms with Crippen molar-refractivity contribution in [3.05, 3.63) is 82.8 Å². The molecule has 0 aliphatic carbocycles. The molecule has 11 heteroatoms. The molecule has 0 aliphatic rings. The summed E-state index contributed by atoms with van der Waals surface area (Å²) < 4.78 is 34.3. The number of anilines is 2. The Kier molecular flexibility index (Phi) is 8.02. The van der Waals surface area contributed by atoms with E-state index in [1.807, 2.05) is 38.1 Å². The van der Waals surface area contributed by atoms with Gasteiger partial charge in [0.1, 0.15) is 17.3 Å². The molecule has 1 N–H and O–H groups in total. The maximum Gasteiger partial charge on any atom is 0.264 e. The minimum absolute atomic E-state index is 0.0601. The summed E-state index contributed by atoms with van der Waals surface area (Å²) in [5.41, 5.74) is 2.33. The smallest absolute Gasteiger partial charge is 0.264 e. The number of ether oxygens (including phenoxy) is 1. The van der Waals surface area contributed by atoms with Gasteiger partial charge in [-0.25, -0.2) is 8.42 Å². The zero-order valence-corrected chi connectivity index (χ0v) is 22.7. The van der Waals surface area contributed by atoms with Gasteiger partial charge in [0.15, 0.2) is 0 Å². The number of aryl methyl sites for hydroxylation is 1. The molecule has 0 atom stereocenters. The van der Waals surface area contributed by atoms with Crippen molar-refractivity contribution >= 4 is 54.0 Å². The topological polar surface area (TPSA) is 101 Å². The van der Waals surface area contributed by atoms with Gasteiger partial charge in [-0.3, -0.25) is 14.4 Å². The summed E-state index contributed by atoms with van der Waals surface area (Å²) in [7, 11) is -4.05. The minimum Gasteiger partial charge on any atom is -0.494 e. The molecule has 0 bridgehead atoms. The van der Waals surface area contributed by atoms with Crippen molar-refractivity contribution in [1.82, 2.24) is 10.2 Å². The largest absolute Gasteiger partial charge is 0.494 e. The van der Waals surface area contributed by atoms with Crippen LogP contribution in [0.5, 0.6) is 5.75 Å². The fourth-order valence-corrected chi connectivity index (χ4v) is 5.75. The Bertz CT molecular complexity index is 1440. The Labute approximate surface area is 222 Å². The first kappa shape index (κ1) is 25.8. The van der Waals surface area contributed by atoms with Crippen LogP contribution in [-0.4, -0.2) is 37.7 Å². The molecule has 0 radical (unpaired) electrons. The number of carbonyl (C=O) groups is 1. The predicted octanol–water partition coefficient (Wildman–Crippen LogP) is 5.51. The molecule has 0 saturated heterocycles. The van der Waals surface area contributed by atoms with Crippen LogP contribution >= 0.6 is 27.3 Å². The molecule has 3 aromatic carbocycles. The molecule has 4 aromatic rings. The van der Waals surface area contributed by atoms with E-state index in [0.717, 1.165) is 19.9 Å². The molecule has 0 saturated carbocycles. The molecule has 0 fully saturated rings. The maximum atomic E-state index is 13.5. The summed E-state index contributed by atoms with van der Waals surface area (Å²) in [4.78, 5) is 13.0. The van der Waals surface area contributed by atoms with Crippen molar-refractivity contribution in [3.63, 3.8) is 0 Å². The van der Waals surface area contributed by atoms with Crippen LogP contribution in [0.25, 0.3) is 10.6 Å². The van der Waals surface area contributed by atoms with Crippen molar-refractivity contribution in [3.8, 4) is 16.3 Å². The number of amides is 1. The van der Waals surface area contributed by atoms with Crippen molar-refractivity contribution in [1.29, 1.82) is 0 Å². The normalized spacial score (nSPS) is 11.2. The molecule has 186 valence electrons. The summed E-state index contributed by atoms with van der Waals surface area (Å²) in [5.74, 6) is 0.0559. The third-order valence-electron chi connectivity index (χ3n) is 5.09. The van der Waals surface area contributed by atoms with Gasteiger partial charge in [-0.05, 0) is 62.4 Å². The number of hydrogen-bond acceptors (Lipinski definition) is 7. The van der Waals surface area contributed by atoms with Gasteiger partial charge in [-0.2, -0.15) is 0 Å². The van der Waals surface area contributed by atoms with Crippen LogP contribution < -0.4 is 14.4 Å². The van der Waals surface area contributed by atoms with E-state index in [0.29, 0.717) is 23.1 Å². The number of carbonyl (C=O) groups excluding carboxylic acids is 1. The van der Waals surface area contributed by atoms with Crippen molar-refractivity contribution in [2.24, 2.45) is 0 Å². The highest BCUT2D eigenvalue weighted by Crippen LogP contribution is 2.29. The fourth-order valence-electron chi connectivity index (χ4n) is 3.30. The molecule has 0 aliphatic heterocycles. The van der Waals surface area contributed by atoms with Crippen LogP contribution in [-0.2, 0) is 14.8 Å². The van der Waals surface area contributed by atoms with E-state index in [4.69, 9.17) is 4.74 Å². The molecule has 0 unspecified atom stereocenters. The van der Waals surface area contributed by atoms with Crippen molar-refractivity contribution in [2.75, 3.05) is 22.8 Å². The number of hydrogen-bond donors (Lipinski definition) is 1. The summed E-state index contributed by atoms with van der Waals surface area (Å²) in [6, 6.07) is 20.6. The van der Waals surface area contributed by atoms with Gasteiger partial charge < -0.3 is 4.74 Å². The number of halogens is 1. The highest BCUT2D eigenvalue weighted by Gasteiger charge is 2.28. The molecule has 1 aromatic heterocycles. The van der Waals surface area contributed by atoms with E-state index in [2.05, 4.69) is 31.4 Å². The van der Waals surface area contributed by atoms with E-state index >= 15 is 0 Å². The Hall–Kier alpha value is -3.28. The molecule has 36 heavy (non-hydrogen) atoms. The zero-order valence-electron chi connectivity index (χ0n) is 19.5. The summed E-state index contributed by atoms with van der Waals surface area (Å²) in [5, 5.41) is 11.8. The quantitative estimate of drug-likeness (QED) is 0.277. The molecule has 4 rings (SSSR count). The van der Waals surface area contributed by atoms with Crippen LogP contribution in [0.3, 0.4) is 0 Å². The van der Waals surface area contributed by atoms with Gasteiger partial charge in [-0.1, -0.05) is 57.1 Å². The van der Waals surface area contributed by atoms with Gasteiger partial charge in [-0.15, -0.1) is 10.2 Å². The third-order valence-corrected chi connectivity index (χ3v) is 8.30. The second-order valence-corrected chi connectivity index (χ2v) is 11.5. The fraction of sp³-hybridized carbons (Fsp3) is 0.160. The summed E-state index contributed by atoms with van der Waals surface area (Å²) in [6.07, 6.45) is 0. The van der Waals surface area contributed by atoms with Gasteiger partial charge in [0.05, 0.1) is 17.2 Å². The van der Waals surface area contributed by atoms with E-state index in [-0.39, 0.29) is 10.0 Å². The van der Waals surface area contributed by atoms with Crippen LogP contribution in [0.2, 0.25) is 0 Å². The maximum absolute atomic E-state index is 13.5. The first-order valence-electron chi connectivity index (χ1n) is 11.0. The Morgan fingerprint density at radius 1 is 1.00 bits per heavy atom. The lowest BCUT2D eigenvalue weighted by Crippen LogP contribution is -2.38. The van der Waals surface area contributed by atoms with E-state index in [1.165, 1.54) is 23.5 Å². The van der Waals surface area contributed by atoms with Crippen LogP contribution in [0.1, 0.15) is 12.5 Å². The van der Waals surface area contributed by atoms with Crippen LogP contribution in [0.4, 0.5) is 10.8 Å². The number of nitrogens with one attached hydrogen (secondary N) is 1. The molecule has 0 spiro atoms. The lowest BCUT2D eigenvalue weighted by Gasteiger charge is -2.24. The second kappa shape index (κ2) is 11.2. The first-order chi connectivity index (χ1) is 17.3. The molecule has 1 heterocycles. The monoisotopic (exact) mass is 586 g/mol. The highest BCUT2D eigenvalue weighted by atomic mass is 79.9.